The summed E-state index contributed by atoms with van der Waals surface area (Å²) in [7, 11) is -3.54. The third kappa shape index (κ3) is 8.70. The minimum Gasteiger partial charge on any atom is -0.352 e. The Balaban J connectivity index is 1.77. The molecule has 1 aliphatic carbocycles. The van der Waals surface area contributed by atoms with Crippen LogP contribution < -0.4 is 9.62 Å². The monoisotopic (exact) mass is 575 g/mol. The van der Waals surface area contributed by atoms with Crippen LogP contribution in [0, 0.1) is 13.8 Å². The minimum absolute atomic E-state index is 0.106. The van der Waals surface area contributed by atoms with E-state index < -0.39 is 16.1 Å². The number of amides is 2. The Morgan fingerprint density at radius 3 is 2.36 bits per heavy atom. The molecule has 2 amide bonds. The minimum atomic E-state index is -3.54. The molecule has 0 unspecified atom stereocenters. The van der Waals surface area contributed by atoms with Gasteiger partial charge in [0.25, 0.3) is 0 Å². The van der Waals surface area contributed by atoms with Gasteiger partial charge in [-0.25, -0.2) is 8.42 Å². The van der Waals surface area contributed by atoms with Gasteiger partial charge in [-0.2, -0.15) is 0 Å². The molecule has 1 aliphatic rings. The fraction of sp³-hybridized carbons (Fsp3) is 0.533. The van der Waals surface area contributed by atoms with E-state index in [0.717, 1.165) is 42.4 Å². The predicted octanol–water partition coefficient (Wildman–Crippen LogP) is 5.76. The first kappa shape index (κ1) is 31.0. The molecule has 9 heteroatoms. The second-order valence-electron chi connectivity index (χ2n) is 10.6. The summed E-state index contributed by atoms with van der Waals surface area (Å²) in [4.78, 5) is 28.7. The molecular weight excluding hydrogens is 534 g/mol. The lowest BCUT2D eigenvalue weighted by molar-refractivity contribution is -0.141. The van der Waals surface area contributed by atoms with Crippen molar-refractivity contribution in [3.8, 4) is 0 Å². The molecule has 3 rings (SSSR count). The molecule has 0 bridgehead atoms. The highest BCUT2D eigenvalue weighted by Crippen LogP contribution is 2.24. The topological polar surface area (TPSA) is 86.8 Å². The molecule has 39 heavy (non-hydrogen) atoms. The predicted molar refractivity (Wildman–Crippen MR) is 158 cm³/mol. The summed E-state index contributed by atoms with van der Waals surface area (Å²) in [6.07, 6.45) is 7.37. The number of rotatable bonds is 12. The number of halogens is 1. The molecule has 1 saturated carbocycles. The summed E-state index contributed by atoms with van der Waals surface area (Å²) >= 11 is 6.43. The van der Waals surface area contributed by atoms with Crippen molar-refractivity contribution in [1.82, 2.24) is 10.2 Å². The quantitative estimate of drug-likeness (QED) is 0.349. The van der Waals surface area contributed by atoms with Gasteiger partial charge in [0.05, 0.1) is 11.9 Å². The van der Waals surface area contributed by atoms with Gasteiger partial charge < -0.3 is 10.2 Å². The molecule has 0 radical (unpaired) electrons. The van der Waals surface area contributed by atoms with E-state index in [9.17, 15) is 18.0 Å². The summed E-state index contributed by atoms with van der Waals surface area (Å²) in [5.74, 6) is -0.341. The number of carbonyl (C=O) groups excluding carboxylic acids is 2. The zero-order valence-corrected chi connectivity index (χ0v) is 25.2. The van der Waals surface area contributed by atoms with Crippen LogP contribution in [-0.2, 0) is 26.2 Å². The Hall–Kier alpha value is -2.58. The smallest absolute Gasteiger partial charge is 0.243 e. The van der Waals surface area contributed by atoms with E-state index >= 15 is 0 Å². The summed E-state index contributed by atoms with van der Waals surface area (Å²) in [5, 5.41) is 3.72. The van der Waals surface area contributed by atoms with Crippen LogP contribution in [0.1, 0.15) is 75.0 Å². The number of anilines is 1. The second-order valence-corrected chi connectivity index (χ2v) is 12.9. The molecule has 0 heterocycles. The molecule has 0 spiro atoms. The second kappa shape index (κ2) is 14.2. The molecule has 1 fully saturated rings. The van der Waals surface area contributed by atoms with Crippen LogP contribution >= 0.6 is 11.6 Å². The van der Waals surface area contributed by atoms with Crippen molar-refractivity contribution in [2.24, 2.45) is 0 Å². The molecule has 7 nitrogen and oxygen atoms in total. The standard InChI is InChI=1S/C30H42ClN3O4S/c1-5-28(30(36)32-25-13-7-6-8-14-25)33(21-24-12-9-10-15-27(24)31)29(35)16-11-19-34(39(4,37)38)26-18-17-22(2)23(3)20-26/h9-10,12,15,17-18,20,25,28H,5-8,11,13-14,16,19,21H2,1-4H3,(H,32,36)/t28-/m0/s1. The van der Waals surface area contributed by atoms with Crippen LogP contribution in [0.3, 0.4) is 0 Å². The Bertz CT molecular complexity index is 1240. The van der Waals surface area contributed by atoms with Crippen LogP contribution in [0.25, 0.3) is 0 Å². The highest BCUT2D eigenvalue weighted by Gasteiger charge is 2.31. The number of hydrogen-bond donors (Lipinski definition) is 1. The van der Waals surface area contributed by atoms with Crippen LogP contribution in [0.5, 0.6) is 0 Å². The van der Waals surface area contributed by atoms with E-state index in [4.69, 9.17) is 11.6 Å². The summed E-state index contributed by atoms with van der Waals surface area (Å²) < 4.78 is 26.6. The van der Waals surface area contributed by atoms with Crippen molar-refractivity contribution >= 4 is 39.1 Å². The number of benzene rings is 2. The largest absolute Gasteiger partial charge is 0.352 e. The molecule has 0 aromatic heterocycles. The average molecular weight is 576 g/mol. The van der Waals surface area contributed by atoms with Crippen molar-refractivity contribution in [2.75, 3.05) is 17.1 Å². The fourth-order valence-electron chi connectivity index (χ4n) is 5.16. The zero-order valence-electron chi connectivity index (χ0n) is 23.6. The number of nitrogens with one attached hydrogen (secondary N) is 1. The zero-order chi connectivity index (χ0) is 28.6. The lowest BCUT2D eigenvalue weighted by Gasteiger charge is -2.33. The maximum Gasteiger partial charge on any atom is 0.243 e. The molecule has 0 saturated heterocycles. The Morgan fingerprint density at radius 1 is 1.05 bits per heavy atom. The Morgan fingerprint density at radius 2 is 1.74 bits per heavy atom. The Kier molecular flexibility index (Phi) is 11.2. The molecule has 1 atom stereocenters. The van der Waals surface area contributed by atoms with E-state index in [1.807, 2.05) is 51.1 Å². The third-order valence-corrected chi connectivity index (χ3v) is 9.13. The lowest BCUT2D eigenvalue weighted by atomic mass is 9.95. The first-order valence-electron chi connectivity index (χ1n) is 13.9. The number of hydrogen-bond acceptors (Lipinski definition) is 4. The third-order valence-electron chi connectivity index (χ3n) is 7.57. The fourth-order valence-corrected chi connectivity index (χ4v) is 6.31. The molecule has 2 aromatic carbocycles. The summed E-state index contributed by atoms with van der Waals surface area (Å²) in [5.41, 5.74) is 3.43. The first-order valence-corrected chi connectivity index (χ1v) is 16.1. The normalized spacial score (nSPS) is 15.0. The van der Waals surface area contributed by atoms with Crippen molar-refractivity contribution in [2.45, 2.75) is 90.8 Å². The van der Waals surface area contributed by atoms with E-state index in [0.29, 0.717) is 23.6 Å². The first-order chi connectivity index (χ1) is 18.5. The average Bonchev–Trinajstić information content (AvgIpc) is 2.89. The summed E-state index contributed by atoms with van der Waals surface area (Å²) in [6, 6.07) is 12.4. The maximum atomic E-state index is 13.7. The van der Waals surface area contributed by atoms with E-state index in [1.165, 1.54) is 17.0 Å². The number of sulfonamides is 1. The van der Waals surface area contributed by atoms with E-state index in [2.05, 4.69) is 5.32 Å². The van der Waals surface area contributed by atoms with Crippen LogP contribution in [0.4, 0.5) is 5.69 Å². The molecule has 214 valence electrons. The molecular formula is C30H42ClN3O4S. The SMILES string of the molecule is CC[C@@H](C(=O)NC1CCCCC1)N(Cc1ccccc1Cl)C(=O)CCCN(c1ccc(C)c(C)c1)S(C)(=O)=O. The van der Waals surface area contributed by atoms with Crippen LogP contribution in [-0.4, -0.2) is 50.0 Å². The van der Waals surface area contributed by atoms with Gasteiger partial charge in [0.2, 0.25) is 21.8 Å². The number of aryl methyl sites for hydroxylation is 2. The van der Waals surface area contributed by atoms with Gasteiger partial charge in [-0.1, -0.05) is 62.1 Å². The van der Waals surface area contributed by atoms with E-state index in [1.54, 1.807) is 17.0 Å². The summed E-state index contributed by atoms with van der Waals surface area (Å²) in [6.45, 7) is 6.20. The van der Waals surface area contributed by atoms with Gasteiger partial charge in [0, 0.05) is 30.6 Å². The Labute approximate surface area is 239 Å². The van der Waals surface area contributed by atoms with Crippen molar-refractivity contribution < 1.29 is 18.0 Å². The molecule has 2 aromatic rings. The highest BCUT2D eigenvalue weighted by atomic mass is 35.5. The molecule has 1 N–H and O–H groups in total. The van der Waals surface area contributed by atoms with Gasteiger partial charge in [0.15, 0.2) is 0 Å². The van der Waals surface area contributed by atoms with Gasteiger partial charge in [-0.15, -0.1) is 0 Å². The van der Waals surface area contributed by atoms with Crippen molar-refractivity contribution in [3.05, 3.63) is 64.2 Å². The van der Waals surface area contributed by atoms with E-state index in [-0.39, 0.29) is 37.4 Å². The van der Waals surface area contributed by atoms with Crippen LogP contribution in [0.15, 0.2) is 42.5 Å². The lowest BCUT2D eigenvalue weighted by Crippen LogP contribution is -2.51. The van der Waals surface area contributed by atoms with Gasteiger partial charge in [0.1, 0.15) is 6.04 Å². The highest BCUT2D eigenvalue weighted by molar-refractivity contribution is 7.92. The van der Waals surface area contributed by atoms with Gasteiger partial charge in [-0.05, 0) is 74.4 Å². The van der Waals surface area contributed by atoms with Gasteiger partial charge >= 0.3 is 0 Å². The number of nitrogens with zero attached hydrogens (tertiary/aromatic N) is 2. The number of carbonyl (C=O) groups is 2. The van der Waals surface area contributed by atoms with Crippen LogP contribution in [0.2, 0.25) is 5.02 Å². The molecule has 0 aliphatic heterocycles. The maximum absolute atomic E-state index is 13.7. The van der Waals surface area contributed by atoms with Gasteiger partial charge in [-0.3, -0.25) is 13.9 Å². The van der Waals surface area contributed by atoms with Crippen molar-refractivity contribution in [3.63, 3.8) is 0 Å². The van der Waals surface area contributed by atoms with Crippen molar-refractivity contribution in [1.29, 1.82) is 0 Å².